The predicted molar refractivity (Wildman–Crippen MR) is 71.9 cm³/mol. The zero-order valence-corrected chi connectivity index (χ0v) is 11.7. The van der Waals surface area contributed by atoms with Gasteiger partial charge in [0.15, 0.2) is 0 Å². The fraction of sp³-hybridized carbons (Fsp3) is 0.857. The molecule has 19 heavy (non-hydrogen) atoms. The molecule has 5 heteroatoms. The molecule has 0 heterocycles. The van der Waals surface area contributed by atoms with Crippen LogP contribution in [0.4, 0.5) is 4.79 Å². The standard InChI is InChI=1S/C14H24N2O3/c1-14(2)7-3-4-11(14)16-13(19)15-10-6-5-9(8-10)12(17)18/h9-11H,3-8H2,1-2H3,(H,17,18)(H2,15,16,19). The van der Waals surface area contributed by atoms with Crippen molar-refractivity contribution in [2.24, 2.45) is 11.3 Å². The molecule has 2 rings (SSSR count). The Morgan fingerprint density at radius 2 is 1.89 bits per heavy atom. The maximum Gasteiger partial charge on any atom is 0.315 e. The SMILES string of the molecule is CC1(C)CCCC1NC(=O)NC1CCC(C(=O)O)C1. The van der Waals surface area contributed by atoms with Crippen molar-refractivity contribution in [2.75, 3.05) is 0 Å². The number of hydrogen-bond donors (Lipinski definition) is 3. The maximum absolute atomic E-state index is 11.9. The molecule has 2 aliphatic rings. The van der Waals surface area contributed by atoms with Gasteiger partial charge < -0.3 is 15.7 Å². The van der Waals surface area contributed by atoms with E-state index in [4.69, 9.17) is 5.11 Å². The molecule has 3 unspecified atom stereocenters. The first-order valence-corrected chi connectivity index (χ1v) is 7.18. The third-order valence-corrected chi connectivity index (χ3v) is 4.68. The molecule has 2 aliphatic carbocycles. The van der Waals surface area contributed by atoms with Crippen molar-refractivity contribution in [3.63, 3.8) is 0 Å². The number of amides is 2. The molecule has 108 valence electrons. The summed E-state index contributed by atoms with van der Waals surface area (Å²) >= 11 is 0. The Kier molecular flexibility index (Phi) is 4.02. The molecular weight excluding hydrogens is 244 g/mol. The molecule has 2 saturated carbocycles. The van der Waals surface area contributed by atoms with Gasteiger partial charge in [-0.2, -0.15) is 0 Å². The summed E-state index contributed by atoms with van der Waals surface area (Å²) < 4.78 is 0. The number of rotatable bonds is 3. The van der Waals surface area contributed by atoms with Gasteiger partial charge in [-0.15, -0.1) is 0 Å². The number of nitrogens with one attached hydrogen (secondary N) is 2. The second-order valence-corrected chi connectivity index (χ2v) is 6.60. The Balaban J connectivity index is 1.78. The quantitative estimate of drug-likeness (QED) is 0.733. The van der Waals surface area contributed by atoms with Gasteiger partial charge in [-0.3, -0.25) is 4.79 Å². The van der Waals surface area contributed by atoms with E-state index in [1.807, 2.05) is 0 Å². The number of carboxylic acids is 1. The number of hydrogen-bond acceptors (Lipinski definition) is 2. The lowest BCUT2D eigenvalue weighted by molar-refractivity contribution is -0.141. The monoisotopic (exact) mass is 268 g/mol. The third kappa shape index (κ3) is 3.39. The van der Waals surface area contributed by atoms with E-state index in [0.717, 1.165) is 25.7 Å². The molecular formula is C14H24N2O3. The van der Waals surface area contributed by atoms with Crippen LogP contribution in [0.5, 0.6) is 0 Å². The highest BCUT2D eigenvalue weighted by Gasteiger charge is 2.36. The van der Waals surface area contributed by atoms with Crippen molar-refractivity contribution in [1.29, 1.82) is 0 Å². The molecule has 0 saturated heterocycles. The van der Waals surface area contributed by atoms with Gasteiger partial charge in [-0.1, -0.05) is 20.3 Å². The molecule has 5 nitrogen and oxygen atoms in total. The Morgan fingerprint density at radius 1 is 1.16 bits per heavy atom. The van der Waals surface area contributed by atoms with Crippen molar-refractivity contribution in [3.8, 4) is 0 Å². The Hall–Kier alpha value is -1.26. The first-order chi connectivity index (χ1) is 8.88. The minimum atomic E-state index is -0.748. The number of urea groups is 1. The average molecular weight is 268 g/mol. The Labute approximate surface area is 114 Å². The number of carbonyl (C=O) groups excluding carboxylic acids is 1. The first kappa shape index (κ1) is 14.2. The second-order valence-electron chi connectivity index (χ2n) is 6.60. The van der Waals surface area contributed by atoms with E-state index in [-0.39, 0.29) is 29.4 Å². The van der Waals surface area contributed by atoms with Crippen LogP contribution in [-0.2, 0) is 4.79 Å². The molecule has 0 bridgehead atoms. The van der Waals surface area contributed by atoms with E-state index >= 15 is 0 Å². The van der Waals surface area contributed by atoms with E-state index in [0.29, 0.717) is 12.8 Å². The molecule has 0 aliphatic heterocycles. The maximum atomic E-state index is 11.9. The van der Waals surface area contributed by atoms with Crippen LogP contribution in [0, 0.1) is 11.3 Å². The van der Waals surface area contributed by atoms with Crippen LogP contribution in [0.15, 0.2) is 0 Å². The Bertz CT molecular complexity index is 368. The zero-order valence-electron chi connectivity index (χ0n) is 11.7. The lowest BCUT2D eigenvalue weighted by Gasteiger charge is -2.28. The van der Waals surface area contributed by atoms with Crippen molar-refractivity contribution < 1.29 is 14.7 Å². The largest absolute Gasteiger partial charge is 0.481 e. The van der Waals surface area contributed by atoms with Gasteiger partial charge >= 0.3 is 12.0 Å². The third-order valence-electron chi connectivity index (χ3n) is 4.68. The summed E-state index contributed by atoms with van der Waals surface area (Å²) in [4.78, 5) is 22.8. The highest BCUT2D eigenvalue weighted by atomic mass is 16.4. The van der Waals surface area contributed by atoms with Gasteiger partial charge in [0.2, 0.25) is 0 Å². The summed E-state index contributed by atoms with van der Waals surface area (Å²) in [6, 6.07) is 0.0887. The van der Waals surface area contributed by atoms with Gasteiger partial charge in [0.1, 0.15) is 0 Å². The smallest absolute Gasteiger partial charge is 0.315 e. The fourth-order valence-electron chi connectivity index (χ4n) is 3.32. The normalized spacial score (nSPS) is 33.1. The van der Waals surface area contributed by atoms with Crippen molar-refractivity contribution >= 4 is 12.0 Å². The van der Waals surface area contributed by atoms with Crippen LogP contribution in [-0.4, -0.2) is 29.2 Å². The van der Waals surface area contributed by atoms with E-state index in [1.165, 1.54) is 0 Å². The van der Waals surface area contributed by atoms with E-state index in [9.17, 15) is 9.59 Å². The van der Waals surface area contributed by atoms with Crippen LogP contribution in [0.3, 0.4) is 0 Å². The summed E-state index contributed by atoms with van der Waals surface area (Å²) in [7, 11) is 0. The van der Waals surface area contributed by atoms with E-state index in [1.54, 1.807) is 0 Å². The number of carboxylic acid groups (broad SMARTS) is 1. The van der Waals surface area contributed by atoms with Gasteiger partial charge in [0.05, 0.1) is 5.92 Å². The summed E-state index contributed by atoms with van der Waals surface area (Å²) in [6.07, 6.45) is 5.30. The lowest BCUT2D eigenvalue weighted by Crippen LogP contribution is -2.48. The van der Waals surface area contributed by atoms with Crippen LogP contribution in [0.2, 0.25) is 0 Å². The zero-order chi connectivity index (χ0) is 14.0. The van der Waals surface area contributed by atoms with E-state index < -0.39 is 5.97 Å². The molecule has 3 N–H and O–H groups in total. The second kappa shape index (κ2) is 5.39. The lowest BCUT2D eigenvalue weighted by atomic mass is 9.87. The van der Waals surface area contributed by atoms with Crippen LogP contribution < -0.4 is 10.6 Å². The molecule has 0 spiro atoms. The van der Waals surface area contributed by atoms with Crippen molar-refractivity contribution in [1.82, 2.24) is 10.6 Å². The Morgan fingerprint density at radius 3 is 2.42 bits per heavy atom. The summed E-state index contributed by atoms with van der Waals surface area (Å²) in [5, 5.41) is 14.9. The summed E-state index contributed by atoms with van der Waals surface area (Å²) in [5.74, 6) is -1.05. The number of aliphatic carboxylic acids is 1. The summed E-state index contributed by atoms with van der Waals surface area (Å²) in [5.41, 5.74) is 0.163. The van der Waals surface area contributed by atoms with Crippen LogP contribution in [0.25, 0.3) is 0 Å². The average Bonchev–Trinajstić information content (AvgIpc) is 2.87. The highest BCUT2D eigenvalue weighted by molar-refractivity contribution is 5.75. The minimum Gasteiger partial charge on any atom is -0.481 e. The first-order valence-electron chi connectivity index (χ1n) is 7.18. The van der Waals surface area contributed by atoms with Gasteiger partial charge in [-0.05, 0) is 37.5 Å². The fourth-order valence-corrected chi connectivity index (χ4v) is 3.32. The molecule has 0 radical (unpaired) electrons. The predicted octanol–water partition coefficient (Wildman–Crippen LogP) is 2.12. The molecule has 3 atom stereocenters. The van der Waals surface area contributed by atoms with Crippen LogP contribution >= 0.6 is 0 Å². The number of carbonyl (C=O) groups is 2. The molecule has 0 aromatic heterocycles. The topological polar surface area (TPSA) is 78.4 Å². The highest BCUT2D eigenvalue weighted by Crippen LogP contribution is 2.37. The van der Waals surface area contributed by atoms with Crippen molar-refractivity contribution in [3.05, 3.63) is 0 Å². The van der Waals surface area contributed by atoms with Gasteiger partial charge in [0, 0.05) is 12.1 Å². The van der Waals surface area contributed by atoms with Crippen LogP contribution in [0.1, 0.15) is 52.4 Å². The van der Waals surface area contributed by atoms with Crippen molar-refractivity contribution in [2.45, 2.75) is 64.5 Å². The van der Waals surface area contributed by atoms with Gasteiger partial charge in [-0.25, -0.2) is 4.79 Å². The molecule has 2 amide bonds. The summed E-state index contributed by atoms with van der Waals surface area (Å²) in [6.45, 7) is 4.36. The molecule has 2 fully saturated rings. The van der Waals surface area contributed by atoms with Gasteiger partial charge in [0.25, 0.3) is 0 Å². The molecule has 0 aromatic rings. The minimum absolute atomic E-state index is 0.00520. The molecule has 0 aromatic carbocycles. The van der Waals surface area contributed by atoms with E-state index in [2.05, 4.69) is 24.5 Å².